The maximum atomic E-state index is 13.7. The lowest BCUT2D eigenvalue weighted by Gasteiger charge is -2.24. The van der Waals surface area contributed by atoms with Crippen LogP contribution in [0, 0.1) is 13.8 Å². The summed E-state index contributed by atoms with van der Waals surface area (Å²) < 4.78 is 5.62. The third kappa shape index (κ3) is 3.46. The van der Waals surface area contributed by atoms with E-state index in [1.165, 1.54) is 4.80 Å². The van der Waals surface area contributed by atoms with Crippen LogP contribution in [0.2, 0.25) is 5.02 Å². The number of hydrogen-bond acceptors (Lipinski definition) is 6. The van der Waals surface area contributed by atoms with Crippen LogP contribution in [0.4, 0.5) is 0 Å². The average Bonchev–Trinajstić information content (AvgIpc) is 3.55. The van der Waals surface area contributed by atoms with E-state index in [9.17, 15) is 4.79 Å². The van der Waals surface area contributed by atoms with Crippen LogP contribution in [0.5, 0.6) is 0 Å². The van der Waals surface area contributed by atoms with Crippen molar-refractivity contribution in [1.29, 1.82) is 0 Å². The standard InChI is InChI=1S/C23H21ClN6O2/c1-14-6-3-9-18(30-25-11-12-26-30)20(14)23(31)29-13-5-10-19(29)22-27-21(28-32-22)16-7-4-8-17(24)15(16)2/h3-4,6-9,11-12,19H,5,10,13H2,1-2H3/t19-/m0/s1. The average molecular weight is 449 g/mol. The maximum Gasteiger partial charge on any atom is 0.257 e. The Balaban J connectivity index is 1.49. The highest BCUT2D eigenvalue weighted by Crippen LogP contribution is 2.35. The Morgan fingerprint density at radius 3 is 2.72 bits per heavy atom. The molecule has 5 rings (SSSR count). The number of halogens is 1. The highest BCUT2D eigenvalue weighted by Gasteiger charge is 2.36. The molecule has 3 heterocycles. The van der Waals surface area contributed by atoms with Crippen LogP contribution in [-0.2, 0) is 0 Å². The molecule has 1 aliphatic heterocycles. The minimum atomic E-state index is -0.290. The molecule has 0 N–H and O–H groups in total. The monoisotopic (exact) mass is 448 g/mol. The van der Waals surface area contributed by atoms with E-state index in [1.54, 1.807) is 17.3 Å². The molecule has 0 bridgehead atoms. The molecule has 1 amide bonds. The van der Waals surface area contributed by atoms with Crippen molar-refractivity contribution in [3.05, 3.63) is 76.4 Å². The van der Waals surface area contributed by atoms with Gasteiger partial charge < -0.3 is 9.42 Å². The van der Waals surface area contributed by atoms with Crippen LogP contribution in [0.1, 0.15) is 46.3 Å². The van der Waals surface area contributed by atoms with Crippen molar-refractivity contribution in [3.63, 3.8) is 0 Å². The number of carbonyl (C=O) groups excluding carboxylic acids is 1. The Kier molecular flexibility index (Phi) is 5.22. The molecule has 1 aliphatic rings. The lowest BCUT2D eigenvalue weighted by Crippen LogP contribution is -2.32. The summed E-state index contributed by atoms with van der Waals surface area (Å²) >= 11 is 6.25. The number of nitrogens with zero attached hydrogens (tertiary/aromatic N) is 6. The van der Waals surface area contributed by atoms with Crippen molar-refractivity contribution >= 4 is 17.5 Å². The first-order valence-electron chi connectivity index (χ1n) is 10.4. The van der Waals surface area contributed by atoms with Gasteiger partial charge in [-0.15, -0.1) is 0 Å². The van der Waals surface area contributed by atoms with Gasteiger partial charge in [0.25, 0.3) is 5.91 Å². The Labute approximate surface area is 189 Å². The van der Waals surface area contributed by atoms with Gasteiger partial charge >= 0.3 is 0 Å². The molecule has 0 radical (unpaired) electrons. The Morgan fingerprint density at radius 1 is 1.12 bits per heavy atom. The van der Waals surface area contributed by atoms with Crippen LogP contribution in [0.3, 0.4) is 0 Å². The minimum absolute atomic E-state index is 0.100. The van der Waals surface area contributed by atoms with Crippen LogP contribution >= 0.6 is 11.6 Å². The van der Waals surface area contributed by atoms with Crippen LogP contribution in [0.15, 0.2) is 53.3 Å². The number of hydrogen-bond donors (Lipinski definition) is 0. The second kappa shape index (κ2) is 8.20. The van der Waals surface area contributed by atoms with E-state index in [2.05, 4.69) is 20.3 Å². The molecule has 2 aromatic heterocycles. The smallest absolute Gasteiger partial charge is 0.257 e. The molecule has 32 heavy (non-hydrogen) atoms. The second-order valence-electron chi connectivity index (χ2n) is 7.81. The topological polar surface area (TPSA) is 89.9 Å². The van der Waals surface area contributed by atoms with Crippen molar-refractivity contribution in [3.8, 4) is 17.1 Å². The molecule has 0 saturated carbocycles. The van der Waals surface area contributed by atoms with Crippen molar-refractivity contribution in [1.82, 2.24) is 30.0 Å². The highest BCUT2D eigenvalue weighted by molar-refractivity contribution is 6.31. The summed E-state index contributed by atoms with van der Waals surface area (Å²) in [7, 11) is 0. The van der Waals surface area contributed by atoms with Gasteiger partial charge in [-0.1, -0.05) is 41.0 Å². The van der Waals surface area contributed by atoms with Crippen LogP contribution in [-0.4, -0.2) is 42.5 Å². The summed E-state index contributed by atoms with van der Waals surface area (Å²) in [6, 6.07) is 11.0. The molecule has 0 unspecified atom stereocenters. The lowest BCUT2D eigenvalue weighted by atomic mass is 10.0. The SMILES string of the molecule is Cc1cccc(-n2nccn2)c1C(=O)N1CCC[C@H]1c1nc(-c2cccc(Cl)c2C)no1. The summed E-state index contributed by atoms with van der Waals surface area (Å²) in [6.07, 6.45) is 4.79. The summed E-state index contributed by atoms with van der Waals surface area (Å²) in [5, 5.41) is 13.2. The molecule has 1 atom stereocenters. The number of carbonyl (C=O) groups is 1. The van der Waals surface area contributed by atoms with E-state index in [1.807, 2.05) is 50.2 Å². The van der Waals surface area contributed by atoms with Crippen molar-refractivity contribution < 1.29 is 9.32 Å². The molecule has 1 saturated heterocycles. The Morgan fingerprint density at radius 2 is 1.91 bits per heavy atom. The first kappa shape index (κ1) is 20.4. The number of aromatic nitrogens is 5. The molecular weight excluding hydrogens is 428 g/mol. The van der Waals surface area contributed by atoms with Crippen molar-refractivity contribution in [2.24, 2.45) is 0 Å². The number of rotatable bonds is 4. The minimum Gasteiger partial charge on any atom is -0.337 e. The van der Waals surface area contributed by atoms with Gasteiger partial charge in [0.05, 0.1) is 23.6 Å². The molecule has 8 nitrogen and oxygen atoms in total. The summed E-state index contributed by atoms with van der Waals surface area (Å²) in [6.45, 7) is 4.44. The van der Waals surface area contributed by atoms with Gasteiger partial charge in [0.2, 0.25) is 11.7 Å². The zero-order valence-corrected chi connectivity index (χ0v) is 18.5. The fourth-order valence-electron chi connectivity index (χ4n) is 4.18. The van der Waals surface area contributed by atoms with E-state index in [0.717, 1.165) is 29.5 Å². The number of aryl methyl sites for hydroxylation is 1. The van der Waals surface area contributed by atoms with Gasteiger partial charge in [0, 0.05) is 17.1 Å². The quantitative estimate of drug-likeness (QED) is 0.454. The zero-order chi connectivity index (χ0) is 22.2. The van der Waals surface area contributed by atoms with E-state index >= 15 is 0 Å². The van der Waals surface area contributed by atoms with Crippen LogP contribution in [0.25, 0.3) is 17.1 Å². The first-order valence-corrected chi connectivity index (χ1v) is 10.8. The van der Waals surface area contributed by atoms with Gasteiger partial charge in [-0.25, -0.2) is 0 Å². The van der Waals surface area contributed by atoms with Gasteiger partial charge in [0.15, 0.2) is 0 Å². The third-order valence-electron chi connectivity index (χ3n) is 5.85. The van der Waals surface area contributed by atoms with E-state index in [-0.39, 0.29) is 11.9 Å². The predicted octanol–water partition coefficient (Wildman–Crippen LogP) is 4.56. The van der Waals surface area contributed by atoms with E-state index in [4.69, 9.17) is 16.1 Å². The normalized spacial score (nSPS) is 16.0. The van der Waals surface area contributed by atoms with Crippen molar-refractivity contribution in [2.75, 3.05) is 6.54 Å². The van der Waals surface area contributed by atoms with Gasteiger partial charge in [-0.3, -0.25) is 4.79 Å². The molecule has 9 heteroatoms. The molecule has 2 aromatic carbocycles. The van der Waals surface area contributed by atoms with Crippen LogP contribution < -0.4 is 0 Å². The number of likely N-dealkylation sites (tertiary alicyclic amines) is 1. The summed E-state index contributed by atoms with van der Waals surface area (Å²) in [5.41, 5.74) is 3.77. The first-order chi connectivity index (χ1) is 15.5. The van der Waals surface area contributed by atoms with Gasteiger partial charge in [-0.2, -0.15) is 20.0 Å². The highest BCUT2D eigenvalue weighted by atomic mass is 35.5. The molecule has 0 spiro atoms. The summed E-state index contributed by atoms with van der Waals surface area (Å²) in [5.74, 6) is 0.797. The van der Waals surface area contributed by atoms with E-state index in [0.29, 0.717) is 34.5 Å². The molecule has 162 valence electrons. The number of benzene rings is 2. The molecule has 1 fully saturated rings. The second-order valence-corrected chi connectivity index (χ2v) is 8.22. The molecular formula is C23H21ClN6O2. The number of amides is 1. The van der Waals surface area contributed by atoms with Crippen molar-refractivity contribution in [2.45, 2.75) is 32.7 Å². The lowest BCUT2D eigenvalue weighted by molar-refractivity contribution is 0.0709. The Bertz CT molecular complexity index is 1280. The molecule has 4 aromatic rings. The summed E-state index contributed by atoms with van der Waals surface area (Å²) in [4.78, 5) is 21.6. The molecule has 0 aliphatic carbocycles. The fraction of sp³-hybridized carbons (Fsp3) is 0.261. The van der Waals surface area contributed by atoms with E-state index < -0.39 is 0 Å². The third-order valence-corrected chi connectivity index (χ3v) is 6.26. The van der Waals surface area contributed by atoms with Gasteiger partial charge in [0.1, 0.15) is 6.04 Å². The zero-order valence-electron chi connectivity index (χ0n) is 17.7. The maximum absolute atomic E-state index is 13.7. The largest absolute Gasteiger partial charge is 0.337 e. The predicted molar refractivity (Wildman–Crippen MR) is 119 cm³/mol. The Hall–Kier alpha value is -3.52. The van der Waals surface area contributed by atoms with Gasteiger partial charge in [-0.05, 0) is 49.9 Å². The fourth-order valence-corrected chi connectivity index (χ4v) is 4.35.